The van der Waals surface area contributed by atoms with Crippen molar-refractivity contribution in [1.82, 2.24) is 4.90 Å². The first-order valence-electron chi connectivity index (χ1n) is 7.96. The zero-order chi connectivity index (χ0) is 17.7. The summed E-state index contributed by atoms with van der Waals surface area (Å²) in [5, 5.41) is 0. The number of aryl methyl sites for hydroxylation is 1. The fourth-order valence-corrected chi connectivity index (χ4v) is 3.26. The lowest BCUT2D eigenvalue weighted by Crippen LogP contribution is -2.31. The summed E-state index contributed by atoms with van der Waals surface area (Å²) < 4.78 is 23.4. The summed E-state index contributed by atoms with van der Waals surface area (Å²) in [5.74, 6) is -0.149. The van der Waals surface area contributed by atoms with Gasteiger partial charge in [0.2, 0.25) is 0 Å². The van der Waals surface area contributed by atoms with Crippen molar-refractivity contribution in [2.75, 3.05) is 12.8 Å². The van der Waals surface area contributed by atoms with Crippen molar-refractivity contribution in [3.05, 3.63) is 65.2 Å². The Bertz CT molecular complexity index is 828. The van der Waals surface area contributed by atoms with Gasteiger partial charge in [0.1, 0.15) is 0 Å². The SMILES string of the molecule is CCCN(Cc1cccc(C)c1)C(=O)c1cccc(S(C)(=O)=O)c1. The molecule has 0 fully saturated rings. The van der Waals surface area contributed by atoms with Gasteiger partial charge in [0.05, 0.1) is 4.90 Å². The Labute approximate surface area is 144 Å². The highest BCUT2D eigenvalue weighted by Crippen LogP contribution is 2.16. The molecule has 0 N–H and O–H groups in total. The van der Waals surface area contributed by atoms with Crippen LogP contribution in [0.1, 0.15) is 34.8 Å². The van der Waals surface area contributed by atoms with E-state index in [0.29, 0.717) is 18.7 Å². The van der Waals surface area contributed by atoms with E-state index in [1.54, 1.807) is 17.0 Å². The number of carbonyl (C=O) groups is 1. The molecule has 0 aliphatic rings. The number of hydrogen-bond donors (Lipinski definition) is 0. The minimum atomic E-state index is -3.33. The molecule has 2 aromatic rings. The lowest BCUT2D eigenvalue weighted by molar-refractivity contribution is 0.0743. The van der Waals surface area contributed by atoms with Crippen molar-refractivity contribution < 1.29 is 13.2 Å². The third-order valence-corrected chi connectivity index (χ3v) is 4.86. The maximum absolute atomic E-state index is 12.8. The smallest absolute Gasteiger partial charge is 0.254 e. The summed E-state index contributed by atoms with van der Waals surface area (Å²) in [7, 11) is -3.33. The number of hydrogen-bond acceptors (Lipinski definition) is 3. The Balaban J connectivity index is 2.29. The Kier molecular flexibility index (Phi) is 5.78. The van der Waals surface area contributed by atoms with Gasteiger partial charge in [-0.3, -0.25) is 4.79 Å². The molecule has 0 bridgehead atoms. The molecule has 0 heterocycles. The highest BCUT2D eigenvalue weighted by Gasteiger charge is 2.17. The molecule has 0 aromatic heterocycles. The van der Waals surface area contributed by atoms with Crippen LogP contribution in [0.5, 0.6) is 0 Å². The molecule has 0 saturated heterocycles. The second-order valence-electron chi connectivity index (χ2n) is 6.02. The minimum Gasteiger partial charge on any atom is -0.334 e. The standard InChI is InChI=1S/C19H23NO3S/c1-4-11-20(14-16-8-5-7-15(2)12-16)19(21)17-9-6-10-18(13-17)24(3,22)23/h5-10,12-13H,4,11,14H2,1-3H3. The number of benzene rings is 2. The molecule has 5 heteroatoms. The molecule has 0 spiro atoms. The average Bonchev–Trinajstić information content (AvgIpc) is 2.53. The van der Waals surface area contributed by atoms with Crippen LogP contribution in [0.4, 0.5) is 0 Å². The number of rotatable bonds is 6. The van der Waals surface area contributed by atoms with E-state index in [4.69, 9.17) is 0 Å². The van der Waals surface area contributed by atoms with Gasteiger partial charge in [-0.2, -0.15) is 0 Å². The van der Waals surface area contributed by atoms with Gasteiger partial charge in [-0.25, -0.2) is 8.42 Å². The zero-order valence-electron chi connectivity index (χ0n) is 14.3. The van der Waals surface area contributed by atoms with E-state index in [-0.39, 0.29) is 10.8 Å². The van der Waals surface area contributed by atoms with Crippen molar-refractivity contribution in [2.45, 2.75) is 31.7 Å². The van der Waals surface area contributed by atoms with Crippen molar-refractivity contribution >= 4 is 15.7 Å². The van der Waals surface area contributed by atoms with Crippen LogP contribution in [0.2, 0.25) is 0 Å². The van der Waals surface area contributed by atoms with Crippen LogP contribution in [0, 0.1) is 6.92 Å². The van der Waals surface area contributed by atoms with E-state index in [1.807, 2.05) is 32.0 Å². The first kappa shape index (κ1) is 18.2. The van der Waals surface area contributed by atoms with Gasteiger partial charge in [0, 0.05) is 24.9 Å². The first-order valence-corrected chi connectivity index (χ1v) is 9.85. The zero-order valence-corrected chi connectivity index (χ0v) is 15.1. The molecule has 128 valence electrons. The Morgan fingerprint density at radius 1 is 1.08 bits per heavy atom. The predicted octanol–water partition coefficient (Wildman–Crippen LogP) is 3.45. The predicted molar refractivity (Wildman–Crippen MR) is 95.8 cm³/mol. The average molecular weight is 345 g/mol. The van der Waals surface area contributed by atoms with Crippen molar-refractivity contribution in [3.63, 3.8) is 0 Å². The van der Waals surface area contributed by atoms with Gasteiger partial charge in [-0.05, 0) is 37.1 Å². The molecule has 2 rings (SSSR count). The quantitative estimate of drug-likeness (QED) is 0.806. The molecule has 0 unspecified atom stereocenters. The monoisotopic (exact) mass is 345 g/mol. The summed E-state index contributed by atoms with van der Waals surface area (Å²) in [4.78, 5) is 14.8. The molecular weight excluding hydrogens is 322 g/mol. The van der Waals surface area contributed by atoms with Crippen LogP contribution in [-0.2, 0) is 16.4 Å². The molecule has 0 radical (unpaired) electrons. The van der Waals surface area contributed by atoms with E-state index < -0.39 is 9.84 Å². The van der Waals surface area contributed by atoms with Gasteiger partial charge in [0.25, 0.3) is 5.91 Å². The Hall–Kier alpha value is -2.14. The second-order valence-corrected chi connectivity index (χ2v) is 8.03. The highest BCUT2D eigenvalue weighted by molar-refractivity contribution is 7.90. The highest BCUT2D eigenvalue weighted by atomic mass is 32.2. The summed E-state index contributed by atoms with van der Waals surface area (Å²) in [6.45, 7) is 5.17. The normalized spacial score (nSPS) is 11.3. The molecule has 1 amide bonds. The van der Waals surface area contributed by atoms with Crippen molar-refractivity contribution in [3.8, 4) is 0 Å². The third-order valence-electron chi connectivity index (χ3n) is 3.75. The van der Waals surface area contributed by atoms with E-state index in [2.05, 4.69) is 6.07 Å². The Morgan fingerprint density at radius 2 is 1.79 bits per heavy atom. The topological polar surface area (TPSA) is 54.5 Å². The van der Waals surface area contributed by atoms with Crippen LogP contribution in [0.3, 0.4) is 0 Å². The largest absolute Gasteiger partial charge is 0.334 e. The molecule has 0 aliphatic carbocycles. The Morgan fingerprint density at radius 3 is 2.42 bits per heavy atom. The summed E-state index contributed by atoms with van der Waals surface area (Å²) >= 11 is 0. The van der Waals surface area contributed by atoms with Gasteiger partial charge in [-0.1, -0.05) is 42.8 Å². The number of carbonyl (C=O) groups excluding carboxylic acids is 1. The molecule has 2 aromatic carbocycles. The maximum atomic E-state index is 12.8. The lowest BCUT2D eigenvalue weighted by Gasteiger charge is -2.23. The minimum absolute atomic E-state index is 0.149. The molecule has 0 aliphatic heterocycles. The van der Waals surface area contributed by atoms with Crippen LogP contribution in [-0.4, -0.2) is 32.0 Å². The van der Waals surface area contributed by atoms with E-state index in [9.17, 15) is 13.2 Å². The number of sulfone groups is 1. The fraction of sp³-hybridized carbons (Fsp3) is 0.316. The van der Waals surface area contributed by atoms with Gasteiger partial charge in [-0.15, -0.1) is 0 Å². The number of amides is 1. The van der Waals surface area contributed by atoms with Gasteiger partial charge < -0.3 is 4.90 Å². The van der Waals surface area contributed by atoms with Gasteiger partial charge in [0.15, 0.2) is 9.84 Å². The van der Waals surface area contributed by atoms with Gasteiger partial charge >= 0.3 is 0 Å². The summed E-state index contributed by atoms with van der Waals surface area (Å²) in [6.07, 6.45) is 1.98. The van der Waals surface area contributed by atoms with Crippen LogP contribution < -0.4 is 0 Å². The molecule has 0 saturated carbocycles. The molecule has 24 heavy (non-hydrogen) atoms. The van der Waals surface area contributed by atoms with Crippen LogP contribution >= 0.6 is 0 Å². The maximum Gasteiger partial charge on any atom is 0.254 e. The van der Waals surface area contributed by atoms with Crippen LogP contribution in [0.15, 0.2) is 53.4 Å². The summed E-state index contributed by atoms with van der Waals surface area (Å²) in [5.41, 5.74) is 2.62. The third kappa shape index (κ3) is 4.68. The summed E-state index contributed by atoms with van der Waals surface area (Å²) in [6, 6.07) is 14.3. The lowest BCUT2D eigenvalue weighted by atomic mass is 10.1. The fourth-order valence-electron chi connectivity index (χ4n) is 2.60. The van der Waals surface area contributed by atoms with E-state index in [1.165, 1.54) is 12.1 Å². The van der Waals surface area contributed by atoms with Crippen molar-refractivity contribution in [1.29, 1.82) is 0 Å². The molecule has 4 nitrogen and oxygen atoms in total. The van der Waals surface area contributed by atoms with Crippen molar-refractivity contribution in [2.24, 2.45) is 0 Å². The molecule has 0 atom stereocenters. The van der Waals surface area contributed by atoms with E-state index in [0.717, 1.165) is 23.8 Å². The second kappa shape index (κ2) is 7.62. The number of nitrogens with zero attached hydrogens (tertiary/aromatic N) is 1. The van der Waals surface area contributed by atoms with Crippen LogP contribution in [0.25, 0.3) is 0 Å². The first-order chi connectivity index (χ1) is 11.3. The van der Waals surface area contributed by atoms with E-state index >= 15 is 0 Å². The molecular formula is C19H23NO3S.